The predicted molar refractivity (Wildman–Crippen MR) is 103 cm³/mol. The first-order chi connectivity index (χ1) is 13.2. The van der Waals surface area contributed by atoms with Crippen molar-refractivity contribution in [2.45, 2.75) is 5.16 Å². The Kier molecular flexibility index (Phi) is 3.37. The SMILES string of the molecule is CSc1ncc2c(=O)n3c(nc2n1)c1ccc(O)cc1n3-c1ccccn1. The quantitative estimate of drug-likeness (QED) is 0.373. The zero-order valence-corrected chi connectivity index (χ0v) is 14.9. The molecule has 5 aromatic rings. The second-order valence-electron chi connectivity index (χ2n) is 5.85. The summed E-state index contributed by atoms with van der Waals surface area (Å²) in [5, 5.41) is 11.6. The fourth-order valence-electron chi connectivity index (χ4n) is 3.11. The van der Waals surface area contributed by atoms with E-state index in [0.29, 0.717) is 38.6 Å². The summed E-state index contributed by atoms with van der Waals surface area (Å²) in [7, 11) is 0. The molecular weight excluding hydrogens is 364 g/mol. The lowest BCUT2D eigenvalue weighted by atomic mass is 10.2. The van der Waals surface area contributed by atoms with Crippen LogP contribution >= 0.6 is 11.8 Å². The van der Waals surface area contributed by atoms with Crippen molar-refractivity contribution in [1.29, 1.82) is 0 Å². The third-order valence-corrected chi connectivity index (χ3v) is 4.84. The lowest BCUT2D eigenvalue weighted by Crippen LogP contribution is -2.22. The molecule has 4 heterocycles. The van der Waals surface area contributed by atoms with Crippen LogP contribution in [0.25, 0.3) is 33.4 Å². The van der Waals surface area contributed by atoms with Crippen LogP contribution in [0.1, 0.15) is 0 Å². The van der Waals surface area contributed by atoms with Crippen LogP contribution in [-0.2, 0) is 0 Å². The number of hydrogen-bond donors (Lipinski definition) is 1. The molecular formula is C18H12N6O2S. The number of rotatable bonds is 2. The highest BCUT2D eigenvalue weighted by Crippen LogP contribution is 2.27. The van der Waals surface area contributed by atoms with Crippen LogP contribution < -0.4 is 5.56 Å². The molecule has 4 aromatic heterocycles. The van der Waals surface area contributed by atoms with Crippen molar-refractivity contribution in [3.63, 3.8) is 0 Å². The van der Waals surface area contributed by atoms with E-state index in [-0.39, 0.29) is 11.3 Å². The van der Waals surface area contributed by atoms with Crippen LogP contribution in [0, 0.1) is 0 Å². The number of phenols is 1. The average molecular weight is 376 g/mol. The highest BCUT2D eigenvalue weighted by Gasteiger charge is 2.19. The summed E-state index contributed by atoms with van der Waals surface area (Å²) in [4.78, 5) is 30.8. The maximum atomic E-state index is 13.3. The number of thioether (sulfide) groups is 1. The first-order valence-electron chi connectivity index (χ1n) is 8.06. The van der Waals surface area contributed by atoms with Gasteiger partial charge < -0.3 is 5.11 Å². The summed E-state index contributed by atoms with van der Waals surface area (Å²) in [5.74, 6) is 0.623. The molecule has 132 valence electrons. The van der Waals surface area contributed by atoms with Gasteiger partial charge in [-0.25, -0.2) is 24.6 Å². The van der Waals surface area contributed by atoms with Crippen molar-refractivity contribution >= 4 is 39.3 Å². The van der Waals surface area contributed by atoms with Crippen LogP contribution in [0.15, 0.2) is 58.7 Å². The minimum Gasteiger partial charge on any atom is -0.508 e. The Morgan fingerprint density at radius 2 is 1.96 bits per heavy atom. The van der Waals surface area contributed by atoms with E-state index in [2.05, 4.69) is 19.9 Å². The number of benzene rings is 1. The Labute approximate surface area is 156 Å². The van der Waals surface area contributed by atoms with Crippen molar-refractivity contribution in [3.8, 4) is 11.6 Å². The number of fused-ring (bicyclic) bond motifs is 4. The largest absolute Gasteiger partial charge is 0.508 e. The molecule has 0 amide bonds. The Balaban J connectivity index is 2.04. The maximum absolute atomic E-state index is 13.3. The third kappa shape index (κ3) is 2.28. The molecule has 0 radical (unpaired) electrons. The molecule has 27 heavy (non-hydrogen) atoms. The van der Waals surface area contributed by atoms with Gasteiger partial charge in [-0.1, -0.05) is 17.8 Å². The van der Waals surface area contributed by atoms with Gasteiger partial charge in [-0.2, -0.15) is 4.52 Å². The molecule has 0 saturated heterocycles. The van der Waals surface area contributed by atoms with E-state index in [4.69, 9.17) is 0 Å². The number of phenolic OH excluding ortho intramolecular Hbond substituents is 1. The van der Waals surface area contributed by atoms with Crippen molar-refractivity contribution in [2.24, 2.45) is 0 Å². The number of pyridine rings is 1. The smallest absolute Gasteiger partial charge is 0.284 e. The second-order valence-corrected chi connectivity index (χ2v) is 6.62. The summed E-state index contributed by atoms with van der Waals surface area (Å²) >= 11 is 1.38. The van der Waals surface area contributed by atoms with E-state index in [9.17, 15) is 9.90 Å². The Bertz CT molecular complexity index is 1390. The highest BCUT2D eigenvalue weighted by molar-refractivity contribution is 7.98. The number of aromatic hydroxyl groups is 1. The fourth-order valence-corrected chi connectivity index (χ4v) is 3.44. The third-order valence-electron chi connectivity index (χ3n) is 4.28. The summed E-state index contributed by atoms with van der Waals surface area (Å²) < 4.78 is 3.08. The molecule has 5 rings (SSSR count). The van der Waals surface area contributed by atoms with Crippen LogP contribution in [0.2, 0.25) is 0 Å². The Hall–Kier alpha value is -3.46. The van der Waals surface area contributed by atoms with Crippen LogP contribution in [0.3, 0.4) is 0 Å². The molecule has 0 atom stereocenters. The zero-order valence-electron chi connectivity index (χ0n) is 14.1. The van der Waals surface area contributed by atoms with E-state index in [1.807, 2.05) is 12.3 Å². The van der Waals surface area contributed by atoms with Crippen molar-refractivity contribution < 1.29 is 5.11 Å². The first kappa shape index (κ1) is 15.8. The van der Waals surface area contributed by atoms with Crippen LogP contribution in [0.5, 0.6) is 5.75 Å². The molecule has 0 aliphatic carbocycles. The predicted octanol–water partition coefficient (Wildman–Crippen LogP) is 2.40. The molecule has 1 N–H and O–H groups in total. The normalized spacial score (nSPS) is 11.6. The average Bonchev–Trinajstić information content (AvgIpc) is 3.02. The van der Waals surface area contributed by atoms with Gasteiger partial charge in [0.25, 0.3) is 5.56 Å². The van der Waals surface area contributed by atoms with Gasteiger partial charge in [0.1, 0.15) is 11.1 Å². The molecule has 0 aliphatic rings. The van der Waals surface area contributed by atoms with Gasteiger partial charge in [0.05, 0.1) is 5.52 Å². The monoisotopic (exact) mass is 376 g/mol. The summed E-state index contributed by atoms with van der Waals surface area (Å²) in [6, 6.07) is 10.3. The van der Waals surface area contributed by atoms with Gasteiger partial charge in [0.2, 0.25) is 0 Å². The molecule has 0 unspecified atom stereocenters. The minimum absolute atomic E-state index is 0.0875. The van der Waals surface area contributed by atoms with Gasteiger partial charge >= 0.3 is 0 Å². The van der Waals surface area contributed by atoms with Gasteiger partial charge in [-0.3, -0.25) is 4.79 Å². The maximum Gasteiger partial charge on any atom is 0.284 e. The van der Waals surface area contributed by atoms with Crippen LogP contribution in [-0.4, -0.2) is 40.5 Å². The Morgan fingerprint density at radius 1 is 1.07 bits per heavy atom. The molecule has 0 aliphatic heterocycles. The van der Waals surface area contributed by atoms with E-state index in [1.54, 1.807) is 41.2 Å². The number of hydrogen-bond acceptors (Lipinski definition) is 7. The number of aromatic nitrogens is 6. The summed E-state index contributed by atoms with van der Waals surface area (Å²) in [6.45, 7) is 0. The summed E-state index contributed by atoms with van der Waals surface area (Å²) in [6.07, 6.45) is 5.00. The molecule has 0 bridgehead atoms. The van der Waals surface area contributed by atoms with E-state index in [1.165, 1.54) is 22.5 Å². The van der Waals surface area contributed by atoms with Gasteiger partial charge in [-0.15, -0.1) is 0 Å². The van der Waals surface area contributed by atoms with Crippen molar-refractivity contribution in [3.05, 3.63) is 59.1 Å². The lowest BCUT2D eigenvalue weighted by molar-refractivity contribution is 0.476. The Morgan fingerprint density at radius 3 is 2.74 bits per heavy atom. The zero-order chi connectivity index (χ0) is 18.5. The van der Waals surface area contributed by atoms with Gasteiger partial charge in [0, 0.05) is 23.8 Å². The summed E-state index contributed by atoms with van der Waals surface area (Å²) in [5.41, 5.74) is 1.10. The first-order valence-corrected chi connectivity index (χ1v) is 9.28. The fraction of sp³-hybridized carbons (Fsp3) is 0.0556. The molecule has 0 saturated carbocycles. The topological polar surface area (TPSA) is 98.2 Å². The van der Waals surface area contributed by atoms with E-state index < -0.39 is 0 Å². The molecule has 1 aromatic carbocycles. The molecule has 0 fully saturated rings. The second kappa shape index (κ2) is 5.78. The van der Waals surface area contributed by atoms with Gasteiger partial charge in [-0.05, 0) is 30.5 Å². The lowest BCUT2D eigenvalue weighted by Gasteiger charge is -2.07. The number of nitrogens with zero attached hydrogens (tertiary/aromatic N) is 6. The highest BCUT2D eigenvalue weighted by atomic mass is 32.2. The molecule has 8 nitrogen and oxygen atoms in total. The molecule has 0 spiro atoms. The van der Waals surface area contributed by atoms with Crippen LogP contribution in [0.4, 0.5) is 0 Å². The standard InChI is InChI=1S/C18H12N6O2S/c1-27-18-20-9-12-15(22-18)21-16-11-6-5-10(25)8-13(11)23(24(16)17(12)26)14-4-2-3-7-19-14/h2-9,25H,1H3. The molecule has 9 heteroatoms. The van der Waals surface area contributed by atoms with Crippen molar-refractivity contribution in [2.75, 3.05) is 6.26 Å². The van der Waals surface area contributed by atoms with E-state index in [0.717, 1.165) is 0 Å². The van der Waals surface area contributed by atoms with Gasteiger partial charge in [0.15, 0.2) is 22.3 Å². The minimum atomic E-state index is -0.302. The van der Waals surface area contributed by atoms with Crippen molar-refractivity contribution in [1.82, 2.24) is 29.1 Å². The van der Waals surface area contributed by atoms with E-state index >= 15 is 0 Å².